The van der Waals surface area contributed by atoms with Crippen LogP contribution in [-0.4, -0.2) is 29.1 Å². The molecule has 0 N–H and O–H groups in total. The lowest BCUT2D eigenvalue weighted by molar-refractivity contribution is 1.09. The van der Waals surface area contributed by atoms with E-state index in [1.54, 1.807) is 24.2 Å². The molecule has 5 aromatic heterocycles. The van der Waals surface area contributed by atoms with Gasteiger partial charge in [0.2, 0.25) is 0 Å². The lowest BCUT2D eigenvalue weighted by atomic mass is 10.0. The topological polar surface area (TPSA) is 64.7 Å². The van der Waals surface area contributed by atoms with Gasteiger partial charge in [0, 0.05) is 71.4 Å². The predicted octanol–water partition coefficient (Wildman–Crippen LogP) is 14.5. The van der Waals surface area contributed by atoms with E-state index >= 15 is 0 Å². The van der Waals surface area contributed by atoms with Crippen LogP contribution in [0.15, 0.2) is 210 Å². The van der Waals surface area contributed by atoms with E-state index in [-0.39, 0.29) is 0 Å². The van der Waals surface area contributed by atoms with Gasteiger partial charge in [-0.2, -0.15) is 0 Å². The maximum absolute atomic E-state index is 5.59. The molecule has 8 heteroatoms. The standard InChI is InChI=1S/C56H33N7S/c1-2-12-34(13-3-1)43-26-24-41-53-54(58-31-30-57-53)42-25-29-52(60-56(42)55(41)59-43)63-48-27-22-35(61-44-18-8-4-14-37(44)38-15-5-9-19-45(38)61)32-50(48)64-51-33-36(23-28-49(51)63)62-46-20-10-6-16-39(46)40-17-7-11-21-47(40)62/h1-33H. The number of rotatable bonds is 4. The van der Waals surface area contributed by atoms with Gasteiger partial charge in [-0.1, -0.05) is 115 Å². The second kappa shape index (κ2) is 13.6. The third kappa shape index (κ3) is 5.11. The molecule has 298 valence electrons. The van der Waals surface area contributed by atoms with Crippen molar-refractivity contribution in [3.05, 3.63) is 200 Å². The normalized spacial score (nSPS) is 12.6. The molecule has 1 aliphatic heterocycles. The van der Waals surface area contributed by atoms with Crippen molar-refractivity contribution in [2.75, 3.05) is 4.90 Å². The third-order valence-electron chi connectivity index (χ3n) is 12.8. The van der Waals surface area contributed by atoms with Crippen LogP contribution in [0.25, 0.3) is 99.1 Å². The van der Waals surface area contributed by atoms with Crippen molar-refractivity contribution >= 4 is 105 Å². The third-order valence-corrected chi connectivity index (χ3v) is 13.9. The Morgan fingerprint density at radius 2 is 0.812 bits per heavy atom. The molecule has 8 aromatic carbocycles. The van der Waals surface area contributed by atoms with Gasteiger partial charge in [0.15, 0.2) is 0 Å². The second-order valence-electron chi connectivity index (χ2n) is 16.3. The Balaban J connectivity index is 1.02. The van der Waals surface area contributed by atoms with Gasteiger partial charge in [-0.15, -0.1) is 0 Å². The molecule has 64 heavy (non-hydrogen) atoms. The fourth-order valence-electron chi connectivity index (χ4n) is 9.99. The summed E-state index contributed by atoms with van der Waals surface area (Å²) in [5.74, 6) is 0.793. The summed E-state index contributed by atoms with van der Waals surface area (Å²) in [6.07, 6.45) is 3.51. The number of anilines is 3. The number of aromatic nitrogens is 6. The van der Waals surface area contributed by atoms with Crippen molar-refractivity contribution in [2.45, 2.75) is 9.79 Å². The monoisotopic (exact) mass is 835 g/mol. The summed E-state index contributed by atoms with van der Waals surface area (Å²) in [6, 6.07) is 67.2. The molecule has 0 saturated heterocycles. The number of nitrogens with zero attached hydrogens (tertiary/aromatic N) is 7. The van der Waals surface area contributed by atoms with Gasteiger partial charge >= 0.3 is 0 Å². The van der Waals surface area contributed by atoms with Crippen molar-refractivity contribution in [1.82, 2.24) is 29.1 Å². The Labute approximate surface area is 370 Å². The number of para-hydroxylation sites is 4. The lowest BCUT2D eigenvalue weighted by Gasteiger charge is -2.33. The Morgan fingerprint density at radius 1 is 0.359 bits per heavy atom. The van der Waals surface area contributed by atoms with E-state index < -0.39 is 0 Å². The zero-order valence-electron chi connectivity index (χ0n) is 34.1. The van der Waals surface area contributed by atoms with Crippen LogP contribution in [0.1, 0.15) is 0 Å². The van der Waals surface area contributed by atoms with Gasteiger partial charge in [-0.25, -0.2) is 9.97 Å². The van der Waals surface area contributed by atoms with Gasteiger partial charge in [-0.05, 0) is 84.9 Å². The highest BCUT2D eigenvalue weighted by molar-refractivity contribution is 7.99. The fourth-order valence-corrected chi connectivity index (χ4v) is 11.1. The summed E-state index contributed by atoms with van der Waals surface area (Å²) in [4.78, 5) is 25.2. The molecule has 0 unspecified atom stereocenters. The van der Waals surface area contributed by atoms with E-state index in [4.69, 9.17) is 19.9 Å². The van der Waals surface area contributed by atoms with E-state index in [1.165, 1.54) is 43.6 Å². The highest BCUT2D eigenvalue weighted by atomic mass is 32.2. The molecule has 13 aromatic rings. The Kier molecular flexibility index (Phi) is 7.49. The van der Waals surface area contributed by atoms with Crippen molar-refractivity contribution < 1.29 is 0 Å². The zero-order valence-corrected chi connectivity index (χ0v) is 34.9. The largest absolute Gasteiger partial charge is 0.309 e. The van der Waals surface area contributed by atoms with Crippen molar-refractivity contribution in [1.29, 1.82) is 0 Å². The predicted molar refractivity (Wildman–Crippen MR) is 263 cm³/mol. The first-order chi connectivity index (χ1) is 31.7. The van der Waals surface area contributed by atoms with Crippen LogP contribution in [0.4, 0.5) is 17.2 Å². The second-order valence-corrected chi connectivity index (χ2v) is 17.3. The van der Waals surface area contributed by atoms with Gasteiger partial charge < -0.3 is 9.13 Å². The van der Waals surface area contributed by atoms with Gasteiger partial charge in [0.1, 0.15) is 11.3 Å². The van der Waals surface area contributed by atoms with Gasteiger partial charge in [0.05, 0.1) is 55.7 Å². The number of hydrogen-bond donors (Lipinski definition) is 0. The summed E-state index contributed by atoms with van der Waals surface area (Å²) in [5.41, 5.74) is 14.1. The fraction of sp³-hybridized carbons (Fsp3) is 0. The van der Waals surface area contributed by atoms with Crippen LogP contribution >= 0.6 is 11.8 Å². The van der Waals surface area contributed by atoms with Crippen LogP contribution in [0, 0.1) is 0 Å². The molecule has 0 spiro atoms. The molecule has 0 fully saturated rings. The first-order valence-electron chi connectivity index (χ1n) is 21.4. The Hall–Kier alpha value is -8.33. The van der Waals surface area contributed by atoms with Gasteiger partial charge in [0.25, 0.3) is 0 Å². The molecular formula is C56H33N7S. The van der Waals surface area contributed by atoms with E-state index in [9.17, 15) is 0 Å². The SMILES string of the molecule is c1ccc(-c2ccc3c4nccnc4c4ccc(N5c6ccc(-n7c8ccccc8c8ccccc87)cc6Sc6cc(-n7c8ccccc8c8ccccc87)ccc65)nc4c3n2)cc1. The maximum atomic E-state index is 5.59. The number of hydrogen-bond acceptors (Lipinski definition) is 6. The molecule has 0 aliphatic carbocycles. The van der Waals surface area contributed by atoms with E-state index in [0.29, 0.717) is 0 Å². The molecule has 0 radical (unpaired) electrons. The van der Waals surface area contributed by atoms with Crippen LogP contribution in [0.5, 0.6) is 0 Å². The van der Waals surface area contributed by atoms with Crippen molar-refractivity contribution in [3.8, 4) is 22.6 Å². The maximum Gasteiger partial charge on any atom is 0.138 e. The molecule has 6 heterocycles. The number of benzene rings is 8. The summed E-state index contributed by atoms with van der Waals surface area (Å²) in [5, 5.41) is 6.77. The van der Waals surface area contributed by atoms with Crippen molar-refractivity contribution in [2.24, 2.45) is 0 Å². The van der Waals surface area contributed by atoms with Crippen LogP contribution in [-0.2, 0) is 0 Å². The minimum absolute atomic E-state index is 0.781. The Morgan fingerprint density at radius 3 is 1.33 bits per heavy atom. The van der Waals surface area contributed by atoms with Crippen LogP contribution in [0.2, 0.25) is 0 Å². The smallest absolute Gasteiger partial charge is 0.138 e. The highest BCUT2D eigenvalue weighted by Gasteiger charge is 2.29. The number of fused-ring (bicyclic) bond motifs is 14. The quantitative estimate of drug-likeness (QED) is 0.165. The molecule has 7 nitrogen and oxygen atoms in total. The first-order valence-corrected chi connectivity index (χ1v) is 22.2. The molecule has 0 saturated carbocycles. The summed E-state index contributed by atoms with van der Waals surface area (Å²) >= 11 is 1.81. The van der Waals surface area contributed by atoms with Crippen LogP contribution < -0.4 is 4.90 Å². The minimum Gasteiger partial charge on any atom is -0.309 e. The molecular weight excluding hydrogens is 803 g/mol. The Bertz CT molecular complexity index is 3810. The van der Waals surface area contributed by atoms with Gasteiger partial charge in [-0.3, -0.25) is 14.9 Å². The molecule has 1 aliphatic rings. The van der Waals surface area contributed by atoms with E-state index in [2.05, 4.69) is 184 Å². The minimum atomic E-state index is 0.781. The average molecular weight is 836 g/mol. The highest BCUT2D eigenvalue weighted by Crippen LogP contribution is 2.53. The summed E-state index contributed by atoms with van der Waals surface area (Å²) < 4.78 is 4.78. The van der Waals surface area contributed by atoms with Crippen LogP contribution in [0.3, 0.4) is 0 Å². The molecule has 0 bridgehead atoms. The zero-order chi connectivity index (χ0) is 41.9. The lowest BCUT2D eigenvalue weighted by Crippen LogP contribution is -2.17. The summed E-state index contributed by atoms with van der Waals surface area (Å²) in [6.45, 7) is 0. The molecule has 0 amide bonds. The molecule has 14 rings (SSSR count). The first kappa shape index (κ1) is 35.3. The molecule has 0 atom stereocenters. The average Bonchev–Trinajstić information content (AvgIpc) is 3.88. The summed E-state index contributed by atoms with van der Waals surface area (Å²) in [7, 11) is 0. The number of pyridine rings is 2. The van der Waals surface area contributed by atoms with Crippen molar-refractivity contribution in [3.63, 3.8) is 0 Å². The van der Waals surface area contributed by atoms with E-state index in [1.807, 2.05) is 18.2 Å². The van der Waals surface area contributed by atoms with E-state index in [0.717, 1.165) is 82.5 Å².